The number of rotatable bonds is 8. The minimum atomic E-state index is -3.84. The molecule has 10 nitrogen and oxygen atoms in total. The summed E-state index contributed by atoms with van der Waals surface area (Å²) in [7, 11) is -7.68. The van der Waals surface area contributed by atoms with Crippen molar-refractivity contribution in [3.63, 3.8) is 0 Å². The van der Waals surface area contributed by atoms with Crippen molar-refractivity contribution in [3.8, 4) is 11.1 Å². The molecule has 0 aliphatic heterocycles. The highest BCUT2D eigenvalue weighted by molar-refractivity contribution is 7.89. The molecule has 6 N–H and O–H groups in total. The summed E-state index contributed by atoms with van der Waals surface area (Å²) in [6, 6.07) is 8.82. The fourth-order valence-corrected chi connectivity index (χ4v) is 5.15. The van der Waals surface area contributed by atoms with Gasteiger partial charge in [0.05, 0.1) is 28.7 Å². The SMILES string of the molecule is NN=C1c2cc(S(=O)(=O)NCCO)ccc2-c2ccc(S(=O)(=O)NCCO)cc21. The minimum Gasteiger partial charge on any atom is -0.395 e. The van der Waals surface area contributed by atoms with E-state index in [2.05, 4.69) is 14.5 Å². The molecule has 12 heteroatoms. The lowest BCUT2D eigenvalue weighted by Gasteiger charge is -2.08. The Morgan fingerprint density at radius 3 is 1.52 bits per heavy atom. The Kier molecular flexibility index (Phi) is 6.03. The van der Waals surface area contributed by atoms with Crippen LogP contribution in [0.5, 0.6) is 0 Å². The number of nitrogens with two attached hydrogens (primary N) is 1. The zero-order valence-corrected chi connectivity index (χ0v) is 16.8. The summed E-state index contributed by atoms with van der Waals surface area (Å²) >= 11 is 0. The van der Waals surface area contributed by atoms with E-state index in [0.29, 0.717) is 22.3 Å². The summed E-state index contributed by atoms with van der Waals surface area (Å²) in [5, 5.41) is 21.4. The van der Waals surface area contributed by atoms with Crippen LogP contribution in [0.25, 0.3) is 11.1 Å². The Labute approximate surface area is 168 Å². The highest BCUT2D eigenvalue weighted by atomic mass is 32.2. The van der Waals surface area contributed by atoms with Gasteiger partial charge in [0.25, 0.3) is 0 Å². The van der Waals surface area contributed by atoms with E-state index in [4.69, 9.17) is 16.1 Å². The first-order valence-electron chi connectivity index (χ1n) is 8.53. The zero-order chi connectivity index (χ0) is 21.2. The van der Waals surface area contributed by atoms with Gasteiger partial charge in [0.1, 0.15) is 0 Å². The van der Waals surface area contributed by atoms with Gasteiger partial charge in [-0.15, -0.1) is 0 Å². The van der Waals surface area contributed by atoms with Crippen LogP contribution >= 0.6 is 0 Å². The maximum Gasteiger partial charge on any atom is 0.240 e. The largest absolute Gasteiger partial charge is 0.395 e. The number of nitrogens with one attached hydrogen (secondary N) is 2. The molecule has 0 amide bonds. The summed E-state index contributed by atoms with van der Waals surface area (Å²) in [5.41, 5.74) is 2.49. The molecule has 0 heterocycles. The van der Waals surface area contributed by atoms with Gasteiger partial charge >= 0.3 is 0 Å². The number of sulfonamides is 2. The van der Waals surface area contributed by atoms with Gasteiger partial charge in [-0.3, -0.25) is 0 Å². The lowest BCUT2D eigenvalue weighted by atomic mass is 10.1. The average molecular weight is 441 g/mol. The standard InChI is InChI=1S/C17H20N4O6S2/c18-21-17-15-9-11(28(24,25)19-5-7-22)1-3-13(15)14-4-2-12(10-16(14)17)29(26,27)20-6-8-23/h1-4,9-10,19-20,22-23H,5-8,18H2. The van der Waals surface area contributed by atoms with Crippen LogP contribution in [0.15, 0.2) is 51.3 Å². The summed E-state index contributed by atoms with van der Waals surface area (Å²) in [6.45, 7) is -0.932. The van der Waals surface area contributed by atoms with Gasteiger partial charge in [-0.25, -0.2) is 26.3 Å². The van der Waals surface area contributed by atoms with Crippen LogP contribution in [0.2, 0.25) is 0 Å². The molecule has 0 unspecified atom stereocenters. The number of aliphatic hydroxyl groups is 2. The molecule has 2 aromatic carbocycles. The van der Waals surface area contributed by atoms with E-state index in [9.17, 15) is 16.8 Å². The number of hydrogen-bond acceptors (Lipinski definition) is 8. The lowest BCUT2D eigenvalue weighted by Crippen LogP contribution is -2.27. The summed E-state index contributed by atoms with van der Waals surface area (Å²) in [6.07, 6.45) is 0. The molecular weight excluding hydrogens is 420 g/mol. The molecule has 0 radical (unpaired) electrons. The minimum absolute atomic E-state index is 0.0314. The van der Waals surface area contributed by atoms with Gasteiger partial charge < -0.3 is 16.1 Å². The molecule has 1 aliphatic carbocycles. The fourth-order valence-electron chi connectivity index (χ4n) is 3.05. The van der Waals surface area contributed by atoms with E-state index >= 15 is 0 Å². The number of hydrogen-bond donors (Lipinski definition) is 5. The van der Waals surface area contributed by atoms with E-state index in [1.807, 2.05) is 0 Å². The topological polar surface area (TPSA) is 171 Å². The molecule has 0 fully saturated rings. The first-order chi connectivity index (χ1) is 13.7. The molecule has 0 saturated heterocycles. The van der Waals surface area contributed by atoms with Crippen molar-refractivity contribution < 1.29 is 27.0 Å². The van der Waals surface area contributed by atoms with E-state index in [1.54, 1.807) is 12.1 Å². The van der Waals surface area contributed by atoms with Crippen LogP contribution in [0, 0.1) is 0 Å². The third-order valence-corrected chi connectivity index (χ3v) is 7.26. The second-order valence-corrected chi connectivity index (χ2v) is 9.67. The van der Waals surface area contributed by atoms with Gasteiger partial charge in [0.2, 0.25) is 20.0 Å². The molecular formula is C17H20N4O6S2. The maximum absolute atomic E-state index is 12.3. The van der Waals surface area contributed by atoms with Crippen LogP contribution in [-0.4, -0.2) is 59.1 Å². The second-order valence-electron chi connectivity index (χ2n) is 6.14. The van der Waals surface area contributed by atoms with E-state index in [-0.39, 0.29) is 41.8 Å². The first-order valence-corrected chi connectivity index (χ1v) is 11.5. The summed E-state index contributed by atoms with van der Waals surface area (Å²) in [5.74, 6) is 5.53. The quantitative estimate of drug-likeness (QED) is 0.219. The zero-order valence-electron chi connectivity index (χ0n) is 15.2. The average Bonchev–Trinajstić information content (AvgIpc) is 3.03. The summed E-state index contributed by atoms with van der Waals surface area (Å²) < 4.78 is 53.9. The monoisotopic (exact) mass is 440 g/mol. The number of benzene rings is 2. The van der Waals surface area contributed by atoms with E-state index < -0.39 is 20.0 Å². The van der Waals surface area contributed by atoms with Crippen molar-refractivity contribution in [2.45, 2.75) is 9.79 Å². The van der Waals surface area contributed by atoms with Crippen molar-refractivity contribution in [2.75, 3.05) is 26.3 Å². The molecule has 0 spiro atoms. The number of nitrogens with zero attached hydrogens (tertiary/aromatic N) is 1. The summed E-state index contributed by atoms with van der Waals surface area (Å²) in [4.78, 5) is -0.0628. The smallest absolute Gasteiger partial charge is 0.240 e. The predicted molar refractivity (Wildman–Crippen MR) is 106 cm³/mol. The van der Waals surface area contributed by atoms with Crippen molar-refractivity contribution >= 4 is 25.8 Å². The highest BCUT2D eigenvalue weighted by Gasteiger charge is 2.29. The molecule has 0 bridgehead atoms. The Morgan fingerprint density at radius 2 is 1.17 bits per heavy atom. The fraction of sp³-hybridized carbons (Fsp3) is 0.235. The van der Waals surface area contributed by atoms with E-state index in [1.165, 1.54) is 24.3 Å². The maximum atomic E-state index is 12.3. The number of fused-ring (bicyclic) bond motifs is 3. The van der Waals surface area contributed by atoms with Crippen LogP contribution in [-0.2, 0) is 20.0 Å². The Balaban J connectivity index is 2.07. The Bertz CT molecular complexity index is 1090. The molecule has 2 aromatic rings. The van der Waals surface area contributed by atoms with E-state index in [0.717, 1.165) is 0 Å². The number of aliphatic hydroxyl groups excluding tert-OH is 2. The van der Waals surface area contributed by atoms with Gasteiger partial charge in [-0.2, -0.15) is 5.10 Å². The van der Waals surface area contributed by atoms with Crippen LogP contribution in [0.1, 0.15) is 11.1 Å². The van der Waals surface area contributed by atoms with Crippen molar-refractivity contribution in [2.24, 2.45) is 10.9 Å². The number of hydrazone groups is 1. The first kappa shape index (κ1) is 21.4. The van der Waals surface area contributed by atoms with Crippen molar-refractivity contribution in [1.29, 1.82) is 0 Å². The van der Waals surface area contributed by atoms with Gasteiger partial charge in [-0.1, -0.05) is 12.1 Å². The van der Waals surface area contributed by atoms with Crippen molar-refractivity contribution in [1.82, 2.24) is 9.44 Å². The third kappa shape index (κ3) is 4.03. The molecule has 0 saturated carbocycles. The van der Waals surface area contributed by atoms with Gasteiger partial charge in [-0.05, 0) is 35.4 Å². The molecule has 0 atom stereocenters. The van der Waals surface area contributed by atoms with Gasteiger partial charge in [0.15, 0.2) is 0 Å². The van der Waals surface area contributed by atoms with Crippen molar-refractivity contribution in [3.05, 3.63) is 47.5 Å². The molecule has 0 aromatic heterocycles. The van der Waals surface area contributed by atoms with Crippen LogP contribution in [0.3, 0.4) is 0 Å². The molecule has 29 heavy (non-hydrogen) atoms. The Morgan fingerprint density at radius 1 is 0.759 bits per heavy atom. The predicted octanol–water partition coefficient (Wildman–Crippen LogP) is -1.08. The van der Waals surface area contributed by atoms with Gasteiger partial charge in [0, 0.05) is 24.2 Å². The van der Waals surface area contributed by atoms with Crippen LogP contribution in [0.4, 0.5) is 0 Å². The Hall–Kier alpha value is -2.35. The molecule has 1 aliphatic rings. The van der Waals surface area contributed by atoms with Crippen LogP contribution < -0.4 is 15.3 Å². The molecule has 156 valence electrons. The second kappa shape index (κ2) is 8.18. The highest BCUT2D eigenvalue weighted by Crippen LogP contribution is 2.39. The lowest BCUT2D eigenvalue weighted by molar-refractivity contribution is 0.300. The normalized spacial score (nSPS) is 13.2. The third-order valence-electron chi connectivity index (χ3n) is 4.34. The molecule has 3 rings (SSSR count).